The van der Waals surface area contributed by atoms with Gasteiger partial charge in [-0.1, -0.05) is 11.3 Å². The van der Waals surface area contributed by atoms with E-state index < -0.39 is 11.5 Å². The summed E-state index contributed by atoms with van der Waals surface area (Å²) in [4.78, 5) is 25.2. The molecule has 0 atom stereocenters. The van der Waals surface area contributed by atoms with E-state index in [1.807, 2.05) is 13.0 Å². The predicted octanol–water partition coefficient (Wildman–Crippen LogP) is 1.52. The number of carbonyl (C=O) groups is 1. The number of aromatic nitrogens is 6. The van der Waals surface area contributed by atoms with Crippen LogP contribution in [0.15, 0.2) is 33.7 Å². The fraction of sp³-hybridized carbons (Fsp3) is 0.167. The molecule has 0 aliphatic carbocycles. The second-order valence-corrected chi connectivity index (χ2v) is 7.17. The number of rotatable bonds is 5. The molecule has 0 fully saturated rings. The Morgan fingerprint density at radius 1 is 1.35 bits per heavy atom. The standard InChI is InChI=1S/C18H14N8O4S/c1-9-4-5-20-26(9)18-24-23-17(31-18)22-15(27)12-6-11(14(29-3)16(28)30-12)13-10(7-19)8-21-25(13)2/h4-6,8H,1-3H3,(H,22,23,27). The van der Waals surface area contributed by atoms with Gasteiger partial charge in [0.15, 0.2) is 5.76 Å². The lowest BCUT2D eigenvalue weighted by Crippen LogP contribution is -2.17. The molecule has 1 N–H and O–H groups in total. The third-order valence-corrected chi connectivity index (χ3v) is 5.11. The van der Waals surface area contributed by atoms with E-state index in [0.29, 0.717) is 10.8 Å². The first-order chi connectivity index (χ1) is 14.9. The minimum atomic E-state index is -0.875. The van der Waals surface area contributed by atoms with E-state index in [9.17, 15) is 14.9 Å². The molecule has 12 nitrogen and oxygen atoms in total. The first-order valence-electron chi connectivity index (χ1n) is 8.73. The van der Waals surface area contributed by atoms with Crippen molar-refractivity contribution in [3.05, 3.63) is 52.0 Å². The van der Waals surface area contributed by atoms with Gasteiger partial charge in [0, 0.05) is 25.0 Å². The van der Waals surface area contributed by atoms with Crippen LogP contribution in [0.2, 0.25) is 0 Å². The monoisotopic (exact) mass is 438 g/mol. The van der Waals surface area contributed by atoms with E-state index in [0.717, 1.165) is 17.0 Å². The Hall–Kier alpha value is -4.31. The number of anilines is 1. The zero-order chi connectivity index (χ0) is 22.1. The summed E-state index contributed by atoms with van der Waals surface area (Å²) in [6.45, 7) is 1.86. The lowest BCUT2D eigenvalue weighted by atomic mass is 10.1. The summed E-state index contributed by atoms with van der Waals surface area (Å²) in [5.74, 6) is -1.16. The lowest BCUT2D eigenvalue weighted by Gasteiger charge is -2.09. The number of hydrogen-bond donors (Lipinski definition) is 1. The van der Waals surface area contributed by atoms with Gasteiger partial charge in [-0.05, 0) is 13.0 Å². The summed E-state index contributed by atoms with van der Waals surface area (Å²) in [5.41, 5.74) is 0.699. The van der Waals surface area contributed by atoms with Crippen molar-refractivity contribution in [1.82, 2.24) is 29.8 Å². The van der Waals surface area contributed by atoms with Crippen LogP contribution in [-0.2, 0) is 7.05 Å². The summed E-state index contributed by atoms with van der Waals surface area (Å²) >= 11 is 1.09. The van der Waals surface area contributed by atoms with E-state index in [1.54, 1.807) is 24.0 Å². The van der Waals surface area contributed by atoms with Crippen molar-refractivity contribution < 1.29 is 13.9 Å². The first kappa shape index (κ1) is 20.0. The molecule has 0 saturated carbocycles. The highest BCUT2D eigenvalue weighted by molar-refractivity contribution is 7.17. The van der Waals surface area contributed by atoms with Gasteiger partial charge < -0.3 is 9.15 Å². The number of carbonyl (C=O) groups excluding carboxylic acids is 1. The number of amides is 1. The van der Waals surface area contributed by atoms with Crippen LogP contribution in [-0.4, -0.2) is 42.8 Å². The van der Waals surface area contributed by atoms with Crippen molar-refractivity contribution in [2.24, 2.45) is 7.05 Å². The molecular formula is C18H14N8O4S. The van der Waals surface area contributed by atoms with E-state index in [-0.39, 0.29) is 27.8 Å². The van der Waals surface area contributed by atoms with Crippen LogP contribution in [0, 0.1) is 18.3 Å². The van der Waals surface area contributed by atoms with Gasteiger partial charge in [0.05, 0.1) is 30.1 Å². The first-order valence-corrected chi connectivity index (χ1v) is 9.55. The molecule has 0 spiro atoms. The second-order valence-electron chi connectivity index (χ2n) is 6.22. The van der Waals surface area contributed by atoms with Crippen molar-refractivity contribution in [1.29, 1.82) is 5.26 Å². The highest BCUT2D eigenvalue weighted by atomic mass is 32.1. The summed E-state index contributed by atoms with van der Waals surface area (Å²) in [6.07, 6.45) is 2.97. The lowest BCUT2D eigenvalue weighted by molar-refractivity contribution is 0.0991. The Bertz CT molecular complexity index is 1390. The number of methoxy groups -OCH3 is 1. The van der Waals surface area contributed by atoms with Crippen molar-refractivity contribution in [2.45, 2.75) is 6.92 Å². The molecule has 0 aliphatic rings. The number of aryl methyl sites for hydroxylation is 2. The largest absolute Gasteiger partial charge is 0.489 e. The maximum Gasteiger partial charge on any atom is 0.379 e. The molecule has 13 heteroatoms. The van der Waals surface area contributed by atoms with Gasteiger partial charge in [0.25, 0.3) is 5.91 Å². The fourth-order valence-corrected chi connectivity index (χ4v) is 3.64. The van der Waals surface area contributed by atoms with Crippen LogP contribution >= 0.6 is 11.3 Å². The minimum Gasteiger partial charge on any atom is -0.489 e. The van der Waals surface area contributed by atoms with E-state index >= 15 is 0 Å². The number of ether oxygens (including phenoxy) is 1. The van der Waals surface area contributed by atoms with E-state index in [2.05, 4.69) is 25.7 Å². The van der Waals surface area contributed by atoms with Crippen LogP contribution in [0.3, 0.4) is 0 Å². The van der Waals surface area contributed by atoms with Crippen molar-refractivity contribution in [3.8, 4) is 28.2 Å². The Kier molecular flexibility index (Phi) is 5.05. The summed E-state index contributed by atoms with van der Waals surface area (Å²) in [7, 11) is 2.89. The number of nitriles is 1. The summed E-state index contributed by atoms with van der Waals surface area (Å²) in [6, 6.07) is 5.12. The van der Waals surface area contributed by atoms with Gasteiger partial charge in [-0.25, -0.2) is 9.48 Å². The predicted molar refractivity (Wildman–Crippen MR) is 108 cm³/mol. The number of nitrogens with one attached hydrogen (secondary N) is 1. The second kappa shape index (κ2) is 7.84. The molecule has 0 aromatic carbocycles. The van der Waals surface area contributed by atoms with Crippen molar-refractivity contribution in [2.75, 3.05) is 12.4 Å². The molecule has 4 heterocycles. The van der Waals surface area contributed by atoms with Crippen LogP contribution in [0.25, 0.3) is 16.4 Å². The normalized spacial score (nSPS) is 10.6. The van der Waals surface area contributed by atoms with Gasteiger partial charge in [0.2, 0.25) is 16.0 Å². The molecule has 0 radical (unpaired) electrons. The van der Waals surface area contributed by atoms with Crippen molar-refractivity contribution in [3.63, 3.8) is 0 Å². The zero-order valence-electron chi connectivity index (χ0n) is 16.5. The molecule has 4 rings (SSSR count). The van der Waals surface area contributed by atoms with Gasteiger partial charge in [0.1, 0.15) is 6.07 Å². The average Bonchev–Trinajstić information content (AvgIpc) is 3.47. The molecule has 4 aromatic rings. The van der Waals surface area contributed by atoms with Crippen LogP contribution in [0.1, 0.15) is 21.8 Å². The Balaban J connectivity index is 1.70. The summed E-state index contributed by atoms with van der Waals surface area (Å²) in [5, 5.41) is 28.6. The molecule has 156 valence electrons. The third-order valence-electron chi connectivity index (χ3n) is 4.30. The molecule has 0 bridgehead atoms. The van der Waals surface area contributed by atoms with Gasteiger partial charge in [-0.2, -0.15) is 15.5 Å². The Morgan fingerprint density at radius 2 is 2.16 bits per heavy atom. The summed E-state index contributed by atoms with van der Waals surface area (Å²) < 4.78 is 13.2. The minimum absolute atomic E-state index is 0.149. The maximum atomic E-state index is 12.7. The van der Waals surface area contributed by atoms with Crippen LogP contribution in [0.4, 0.5) is 5.13 Å². The molecule has 1 amide bonds. The molecular weight excluding hydrogens is 424 g/mol. The van der Waals surface area contributed by atoms with E-state index in [4.69, 9.17) is 9.15 Å². The van der Waals surface area contributed by atoms with Gasteiger partial charge in [-0.15, -0.1) is 10.2 Å². The fourth-order valence-electron chi connectivity index (χ4n) is 2.88. The van der Waals surface area contributed by atoms with Gasteiger partial charge >= 0.3 is 5.63 Å². The van der Waals surface area contributed by atoms with E-state index in [1.165, 1.54) is 24.1 Å². The van der Waals surface area contributed by atoms with Crippen LogP contribution < -0.4 is 15.7 Å². The average molecular weight is 438 g/mol. The number of nitrogens with zero attached hydrogens (tertiary/aromatic N) is 7. The smallest absolute Gasteiger partial charge is 0.379 e. The molecule has 0 unspecified atom stereocenters. The Morgan fingerprint density at radius 3 is 2.84 bits per heavy atom. The maximum absolute atomic E-state index is 12.7. The van der Waals surface area contributed by atoms with Crippen LogP contribution in [0.5, 0.6) is 5.75 Å². The molecule has 31 heavy (non-hydrogen) atoms. The van der Waals surface area contributed by atoms with Crippen molar-refractivity contribution >= 4 is 22.4 Å². The highest BCUT2D eigenvalue weighted by Crippen LogP contribution is 2.30. The highest BCUT2D eigenvalue weighted by Gasteiger charge is 2.23. The zero-order valence-corrected chi connectivity index (χ0v) is 17.3. The Labute approximate surface area is 178 Å². The third kappa shape index (κ3) is 3.55. The topological polar surface area (TPSA) is 154 Å². The molecule has 0 aliphatic heterocycles. The van der Waals surface area contributed by atoms with Gasteiger partial charge in [-0.3, -0.25) is 14.8 Å². The number of hydrogen-bond acceptors (Lipinski definition) is 10. The molecule has 0 saturated heterocycles. The molecule has 4 aromatic heterocycles. The SMILES string of the molecule is COc1c(-c2c(C#N)cnn2C)cc(C(=O)Nc2nnc(-n3nccc3C)s2)oc1=O. The quantitative estimate of drug-likeness (QED) is 0.488.